The molecule has 0 spiro atoms. The van der Waals surface area contributed by atoms with Gasteiger partial charge in [0.15, 0.2) is 6.10 Å². The summed E-state index contributed by atoms with van der Waals surface area (Å²) in [5.74, 6) is 0.912. The largest absolute Gasteiger partial charge is 0.462 e. The van der Waals surface area contributed by atoms with Crippen molar-refractivity contribution in [1.29, 1.82) is 0 Å². The van der Waals surface area contributed by atoms with E-state index in [1.165, 1.54) is 263 Å². The third kappa shape index (κ3) is 57.7. The Kier molecular flexibility index (Phi) is 57.4. The van der Waals surface area contributed by atoms with Gasteiger partial charge >= 0.3 is 17.9 Å². The van der Waals surface area contributed by atoms with Crippen LogP contribution in [0.4, 0.5) is 0 Å². The van der Waals surface area contributed by atoms with Crippen molar-refractivity contribution in [1.82, 2.24) is 0 Å². The van der Waals surface area contributed by atoms with E-state index in [4.69, 9.17) is 14.2 Å². The Hall–Kier alpha value is -1.59. The molecule has 0 fully saturated rings. The molecule has 6 nitrogen and oxygen atoms in total. The quantitative estimate of drug-likeness (QED) is 0.0343. The van der Waals surface area contributed by atoms with E-state index >= 15 is 0 Å². The minimum atomic E-state index is -0.764. The van der Waals surface area contributed by atoms with Gasteiger partial charge in [-0.3, -0.25) is 14.4 Å². The molecule has 0 N–H and O–H groups in total. The molecule has 0 aromatic carbocycles. The highest BCUT2D eigenvalue weighted by Crippen LogP contribution is 2.19. The molecule has 0 saturated heterocycles. The zero-order valence-electron chi connectivity index (χ0n) is 49.6. The molecule has 0 bridgehead atoms. The van der Waals surface area contributed by atoms with Crippen molar-refractivity contribution in [2.75, 3.05) is 13.2 Å². The van der Waals surface area contributed by atoms with Crippen LogP contribution in [0.15, 0.2) is 0 Å². The van der Waals surface area contributed by atoms with Crippen molar-refractivity contribution < 1.29 is 28.6 Å². The number of hydrogen-bond donors (Lipinski definition) is 0. The second kappa shape index (κ2) is 58.7. The Morgan fingerprint density at radius 1 is 0.292 bits per heavy atom. The van der Waals surface area contributed by atoms with E-state index in [-0.39, 0.29) is 31.1 Å². The minimum Gasteiger partial charge on any atom is -0.462 e. The van der Waals surface area contributed by atoms with Gasteiger partial charge < -0.3 is 14.2 Å². The minimum absolute atomic E-state index is 0.0618. The van der Waals surface area contributed by atoms with Gasteiger partial charge in [0.05, 0.1) is 0 Å². The fraction of sp³-hybridized carbons (Fsp3) is 0.955. The lowest BCUT2D eigenvalue weighted by molar-refractivity contribution is -0.167. The average Bonchev–Trinajstić information content (AvgIpc) is 3.37. The Morgan fingerprint density at radius 3 is 0.792 bits per heavy atom. The Bertz CT molecular complexity index is 1110. The molecule has 0 aromatic heterocycles. The first kappa shape index (κ1) is 70.4. The van der Waals surface area contributed by atoms with Gasteiger partial charge in [-0.05, 0) is 31.1 Å². The molecule has 6 heteroatoms. The molecular weight excluding hydrogens is 889 g/mol. The van der Waals surface area contributed by atoms with E-state index < -0.39 is 6.10 Å². The maximum atomic E-state index is 12.9. The molecule has 72 heavy (non-hydrogen) atoms. The highest BCUT2D eigenvalue weighted by molar-refractivity contribution is 5.71. The van der Waals surface area contributed by atoms with Crippen LogP contribution in [-0.2, 0) is 28.6 Å². The number of carbonyl (C=O) groups is 3. The Balaban J connectivity index is 4.25. The van der Waals surface area contributed by atoms with E-state index in [9.17, 15) is 14.4 Å². The summed E-state index contributed by atoms with van der Waals surface area (Å²) in [6.07, 6.45) is 65.3. The van der Waals surface area contributed by atoms with Crippen molar-refractivity contribution in [3.05, 3.63) is 0 Å². The lowest BCUT2D eigenvalue weighted by Gasteiger charge is -2.18. The molecule has 0 aliphatic heterocycles. The number of carbonyl (C=O) groups excluding carboxylic acids is 3. The van der Waals surface area contributed by atoms with E-state index in [2.05, 4.69) is 34.6 Å². The summed E-state index contributed by atoms with van der Waals surface area (Å²) in [5, 5.41) is 0. The summed E-state index contributed by atoms with van der Waals surface area (Å²) in [7, 11) is 0. The lowest BCUT2D eigenvalue weighted by atomic mass is 9.99. The lowest BCUT2D eigenvalue weighted by Crippen LogP contribution is -2.30. The van der Waals surface area contributed by atoms with Crippen molar-refractivity contribution in [2.45, 2.75) is 381 Å². The topological polar surface area (TPSA) is 78.9 Å². The third-order valence-electron chi connectivity index (χ3n) is 15.6. The number of hydrogen-bond acceptors (Lipinski definition) is 6. The molecule has 0 aliphatic rings. The SMILES string of the molecule is CCCCCCCCCCCCCCCCCCCC(=O)OC[C@H](COC(=O)CCCCCCCCCCCCCCCCCCCCC(C)CC)OC(=O)CCCCCCCCCCCCCCC(C)C. The molecule has 0 aliphatic carbocycles. The summed E-state index contributed by atoms with van der Waals surface area (Å²) in [6.45, 7) is 11.5. The van der Waals surface area contributed by atoms with Gasteiger partial charge in [-0.1, -0.05) is 336 Å². The van der Waals surface area contributed by atoms with Crippen LogP contribution in [0.3, 0.4) is 0 Å². The predicted molar refractivity (Wildman–Crippen MR) is 312 cm³/mol. The van der Waals surface area contributed by atoms with E-state index in [1.54, 1.807) is 0 Å². The summed E-state index contributed by atoms with van der Waals surface area (Å²) < 4.78 is 17.0. The molecule has 428 valence electrons. The fourth-order valence-corrected chi connectivity index (χ4v) is 10.3. The molecule has 1 unspecified atom stereocenters. The molecule has 0 saturated carbocycles. The second-order valence-electron chi connectivity index (χ2n) is 23.5. The van der Waals surface area contributed by atoms with Crippen LogP contribution in [0.25, 0.3) is 0 Å². The second-order valence-corrected chi connectivity index (χ2v) is 23.5. The highest BCUT2D eigenvalue weighted by atomic mass is 16.6. The zero-order valence-corrected chi connectivity index (χ0v) is 49.6. The van der Waals surface area contributed by atoms with Crippen molar-refractivity contribution in [3.8, 4) is 0 Å². The predicted octanol–water partition coefficient (Wildman–Crippen LogP) is 22.0. The summed E-state index contributed by atoms with van der Waals surface area (Å²) in [5.41, 5.74) is 0. The fourth-order valence-electron chi connectivity index (χ4n) is 10.3. The number of rotatable bonds is 60. The van der Waals surface area contributed by atoms with Crippen LogP contribution in [0, 0.1) is 11.8 Å². The molecule has 0 heterocycles. The maximum absolute atomic E-state index is 12.9. The molecule has 0 radical (unpaired) electrons. The number of ether oxygens (including phenoxy) is 3. The standard InChI is InChI=1S/C66H128O6/c1-6-8-9-10-11-12-13-14-15-18-22-25-31-36-41-46-51-56-64(67)70-59-63(72-66(69)58-53-48-43-38-33-28-27-29-34-39-44-49-54-61(3)4)60-71-65(68)57-52-47-42-37-32-26-23-20-17-16-19-21-24-30-35-40-45-50-55-62(5)7-2/h61-63H,6-60H2,1-5H3/t62?,63-/m1/s1. The zero-order chi connectivity index (χ0) is 52.5. The van der Waals surface area contributed by atoms with Crippen molar-refractivity contribution >= 4 is 17.9 Å². The normalized spacial score (nSPS) is 12.4. The van der Waals surface area contributed by atoms with Gasteiger partial charge in [0.1, 0.15) is 13.2 Å². The number of unbranched alkanes of at least 4 members (excludes halogenated alkanes) is 44. The van der Waals surface area contributed by atoms with Gasteiger partial charge in [-0.25, -0.2) is 0 Å². The van der Waals surface area contributed by atoms with Gasteiger partial charge in [0.2, 0.25) is 0 Å². The first-order chi connectivity index (χ1) is 35.3. The monoisotopic (exact) mass is 1020 g/mol. The average molecular weight is 1020 g/mol. The Morgan fingerprint density at radius 2 is 0.528 bits per heavy atom. The molecule has 0 aromatic rings. The number of esters is 3. The highest BCUT2D eigenvalue weighted by Gasteiger charge is 2.19. The van der Waals surface area contributed by atoms with E-state index in [1.807, 2.05) is 0 Å². The van der Waals surface area contributed by atoms with Crippen molar-refractivity contribution in [2.24, 2.45) is 11.8 Å². The van der Waals surface area contributed by atoms with Gasteiger partial charge in [-0.2, -0.15) is 0 Å². The van der Waals surface area contributed by atoms with Crippen LogP contribution in [0.2, 0.25) is 0 Å². The van der Waals surface area contributed by atoms with E-state index in [0.717, 1.165) is 69.6 Å². The van der Waals surface area contributed by atoms with Crippen LogP contribution in [-0.4, -0.2) is 37.2 Å². The van der Waals surface area contributed by atoms with Crippen LogP contribution < -0.4 is 0 Å². The van der Waals surface area contributed by atoms with Gasteiger partial charge in [0.25, 0.3) is 0 Å². The van der Waals surface area contributed by atoms with Gasteiger partial charge in [0, 0.05) is 19.3 Å². The van der Waals surface area contributed by atoms with Crippen molar-refractivity contribution in [3.63, 3.8) is 0 Å². The van der Waals surface area contributed by atoms with E-state index in [0.29, 0.717) is 19.3 Å². The van der Waals surface area contributed by atoms with Gasteiger partial charge in [-0.15, -0.1) is 0 Å². The summed E-state index contributed by atoms with van der Waals surface area (Å²) >= 11 is 0. The molecule has 0 rings (SSSR count). The van der Waals surface area contributed by atoms with Crippen LogP contribution in [0.5, 0.6) is 0 Å². The first-order valence-electron chi connectivity index (χ1n) is 32.8. The molecular formula is C66H128O6. The smallest absolute Gasteiger partial charge is 0.306 e. The van der Waals surface area contributed by atoms with Crippen LogP contribution in [0.1, 0.15) is 375 Å². The molecule has 0 amide bonds. The van der Waals surface area contributed by atoms with Crippen LogP contribution >= 0.6 is 0 Å². The first-order valence-corrected chi connectivity index (χ1v) is 32.8. The maximum Gasteiger partial charge on any atom is 0.306 e. The summed E-state index contributed by atoms with van der Waals surface area (Å²) in [6, 6.07) is 0. The Labute approximate surface area is 450 Å². The molecule has 2 atom stereocenters. The summed E-state index contributed by atoms with van der Waals surface area (Å²) in [4.78, 5) is 38.3. The third-order valence-corrected chi connectivity index (χ3v) is 15.6.